The first kappa shape index (κ1) is 17.6. The molecule has 3 rings (SSSR count). The van der Waals surface area contributed by atoms with Crippen LogP contribution in [0.4, 0.5) is 0 Å². The molecule has 1 fully saturated rings. The Morgan fingerprint density at radius 1 is 1.24 bits per heavy atom. The van der Waals surface area contributed by atoms with Gasteiger partial charge in [-0.05, 0) is 42.5 Å². The quantitative estimate of drug-likeness (QED) is 0.808. The summed E-state index contributed by atoms with van der Waals surface area (Å²) >= 11 is 0. The second kappa shape index (κ2) is 8.26. The Hall–Kier alpha value is -2.20. The molecule has 132 valence electrons. The Morgan fingerprint density at radius 2 is 2.04 bits per heavy atom. The summed E-state index contributed by atoms with van der Waals surface area (Å²) in [5.41, 5.74) is 3.47. The average molecular weight is 338 g/mol. The third-order valence-electron chi connectivity index (χ3n) is 4.92. The molecule has 1 aliphatic rings. The molecule has 0 spiro atoms. The van der Waals surface area contributed by atoms with E-state index in [2.05, 4.69) is 36.2 Å². The molecule has 0 saturated carbocycles. The van der Waals surface area contributed by atoms with Crippen LogP contribution in [-0.4, -0.2) is 35.5 Å². The van der Waals surface area contributed by atoms with Gasteiger partial charge in [-0.15, -0.1) is 0 Å². The Bertz CT molecular complexity index is 679. The molecule has 0 radical (unpaired) electrons. The van der Waals surface area contributed by atoms with E-state index in [4.69, 9.17) is 4.74 Å². The van der Waals surface area contributed by atoms with Gasteiger partial charge in [-0.2, -0.15) is 0 Å². The standard InChI is InChI=1S/C21H26N2O2/c1-3-16-7-9-17(10-8-16)20(18-6-5-12-22-14-18)23(4-2)21(24)19-11-13-25-15-19/h5-10,12,14,19-20H,3-4,11,13,15H2,1-2H3/t19-,20+/m1/s1. The lowest BCUT2D eigenvalue weighted by molar-refractivity contribution is -0.137. The Morgan fingerprint density at radius 3 is 2.60 bits per heavy atom. The van der Waals surface area contributed by atoms with Gasteiger partial charge in [-0.1, -0.05) is 37.3 Å². The first-order chi connectivity index (χ1) is 12.2. The average Bonchev–Trinajstić information content (AvgIpc) is 3.21. The summed E-state index contributed by atoms with van der Waals surface area (Å²) < 4.78 is 5.43. The maximum Gasteiger partial charge on any atom is 0.228 e. The fraction of sp³-hybridized carbons (Fsp3) is 0.429. The first-order valence-corrected chi connectivity index (χ1v) is 9.11. The first-order valence-electron chi connectivity index (χ1n) is 9.11. The van der Waals surface area contributed by atoms with Crippen LogP contribution >= 0.6 is 0 Å². The largest absolute Gasteiger partial charge is 0.381 e. The van der Waals surface area contributed by atoms with Gasteiger partial charge in [0.1, 0.15) is 0 Å². The summed E-state index contributed by atoms with van der Waals surface area (Å²) in [5.74, 6) is 0.141. The summed E-state index contributed by atoms with van der Waals surface area (Å²) in [4.78, 5) is 19.4. The van der Waals surface area contributed by atoms with E-state index >= 15 is 0 Å². The van der Waals surface area contributed by atoms with Gasteiger partial charge in [0.2, 0.25) is 5.91 Å². The number of amides is 1. The highest BCUT2D eigenvalue weighted by Gasteiger charge is 2.32. The SMILES string of the molecule is CCc1ccc([C@@H](c2cccnc2)N(CC)C(=O)[C@@H]2CCOC2)cc1. The summed E-state index contributed by atoms with van der Waals surface area (Å²) in [6.45, 7) is 6.05. The smallest absolute Gasteiger partial charge is 0.228 e. The van der Waals surface area contributed by atoms with Crippen molar-refractivity contribution < 1.29 is 9.53 Å². The Balaban J connectivity index is 1.98. The maximum absolute atomic E-state index is 13.1. The van der Waals surface area contributed by atoms with Crippen molar-refractivity contribution in [3.8, 4) is 0 Å². The topological polar surface area (TPSA) is 42.4 Å². The van der Waals surface area contributed by atoms with Crippen molar-refractivity contribution in [1.82, 2.24) is 9.88 Å². The van der Waals surface area contributed by atoms with Crippen LogP contribution in [0, 0.1) is 5.92 Å². The summed E-state index contributed by atoms with van der Waals surface area (Å²) in [7, 11) is 0. The van der Waals surface area contributed by atoms with Crippen molar-refractivity contribution in [2.45, 2.75) is 32.7 Å². The van der Waals surface area contributed by atoms with Crippen molar-refractivity contribution in [2.75, 3.05) is 19.8 Å². The number of pyridine rings is 1. The molecule has 0 N–H and O–H groups in total. The lowest BCUT2D eigenvalue weighted by atomic mass is 9.95. The fourth-order valence-corrected chi connectivity index (χ4v) is 3.46. The molecule has 4 heteroatoms. The van der Waals surface area contributed by atoms with Crippen LogP contribution in [0.15, 0.2) is 48.8 Å². The number of benzene rings is 1. The van der Waals surface area contributed by atoms with Crippen molar-refractivity contribution in [2.24, 2.45) is 5.92 Å². The van der Waals surface area contributed by atoms with Crippen molar-refractivity contribution in [1.29, 1.82) is 0 Å². The Labute approximate surface area is 149 Å². The zero-order chi connectivity index (χ0) is 17.6. The molecule has 1 aliphatic heterocycles. The van der Waals surface area contributed by atoms with Gasteiger partial charge in [-0.3, -0.25) is 9.78 Å². The molecular weight excluding hydrogens is 312 g/mol. The zero-order valence-electron chi connectivity index (χ0n) is 15.0. The van der Waals surface area contributed by atoms with Gasteiger partial charge >= 0.3 is 0 Å². The van der Waals surface area contributed by atoms with Gasteiger partial charge in [-0.25, -0.2) is 0 Å². The minimum absolute atomic E-state index is 0.0333. The molecular formula is C21H26N2O2. The maximum atomic E-state index is 13.1. The van der Waals surface area contributed by atoms with Crippen LogP contribution in [0.2, 0.25) is 0 Å². The van der Waals surface area contributed by atoms with Crippen LogP contribution in [0.1, 0.15) is 43.0 Å². The van der Waals surface area contributed by atoms with E-state index in [0.717, 1.165) is 24.0 Å². The fourth-order valence-electron chi connectivity index (χ4n) is 3.46. The number of carbonyl (C=O) groups excluding carboxylic acids is 1. The van der Waals surface area contributed by atoms with Crippen LogP contribution in [0.3, 0.4) is 0 Å². The molecule has 0 unspecified atom stereocenters. The van der Waals surface area contributed by atoms with Crippen molar-refractivity contribution in [3.63, 3.8) is 0 Å². The van der Waals surface area contributed by atoms with Crippen LogP contribution in [0.5, 0.6) is 0 Å². The summed E-state index contributed by atoms with van der Waals surface area (Å²) in [6.07, 6.45) is 5.45. The summed E-state index contributed by atoms with van der Waals surface area (Å²) in [6, 6.07) is 12.4. The summed E-state index contributed by atoms with van der Waals surface area (Å²) in [5, 5.41) is 0. The number of nitrogens with zero attached hydrogens (tertiary/aromatic N) is 2. The molecule has 1 amide bonds. The third-order valence-corrected chi connectivity index (χ3v) is 4.92. The number of ether oxygens (including phenoxy) is 1. The number of carbonyl (C=O) groups is 1. The number of aryl methyl sites for hydroxylation is 1. The van der Waals surface area contributed by atoms with E-state index in [1.54, 1.807) is 6.20 Å². The van der Waals surface area contributed by atoms with E-state index < -0.39 is 0 Å². The van der Waals surface area contributed by atoms with Crippen LogP contribution < -0.4 is 0 Å². The van der Waals surface area contributed by atoms with E-state index in [9.17, 15) is 4.79 Å². The normalized spacial score (nSPS) is 18.1. The molecule has 1 aromatic carbocycles. The van der Waals surface area contributed by atoms with E-state index in [-0.39, 0.29) is 17.9 Å². The molecule has 0 bridgehead atoms. The van der Waals surface area contributed by atoms with E-state index in [1.165, 1.54) is 5.56 Å². The molecule has 2 aromatic rings. The second-order valence-electron chi connectivity index (χ2n) is 6.47. The van der Waals surface area contributed by atoms with Crippen molar-refractivity contribution >= 4 is 5.91 Å². The highest BCUT2D eigenvalue weighted by molar-refractivity contribution is 5.80. The molecule has 25 heavy (non-hydrogen) atoms. The minimum Gasteiger partial charge on any atom is -0.381 e. The van der Waals surface area contributed by atoms with E-state index in [1.807, 2.05) is 30.2 Å². The molecule has 2 atom stereocenters. The highest BCUT2D eigenvalue weighted by atomic mass is 16.5. The van der Waals surface area contributed by atoms with Crippen molar-refractivity contribution in [3.05, 3.63) is 65.5 Å². The minimum atomic E-state index is -0.113. The monoisotopic (exact) mass is 338 g/mol. The predicted molar refractivity (Wildman–Crippen MR) is 98.2 cm³/mol. The molecule has 1 aromatic heterocycles. The van der Waals surface area contributed by atoms with Crippen LogP contribution in [0.25, 0.3) is 0 Å². The number of hydrogen-bond acceptors (Lipinski definition) is 3. The molecule has 1 saturated heterocycles. The lowest BCUT2D eigenvalue weighted by Gasteiger charge is -2.33. The predicted octanol–water partition coefficient (Wildman–Crippen LogP) is 3.62. The molecule has 2 heterocycles. The van der Waals surface area contributed by atoms with Gasteiger partial charge in [0, 0.05) is 25.5 Å². The third kappa shape index (κ3) is 3.90. The lowest BCUT2D eigenvalue weighted by Crippen LogP contribution is -2.39. The second-order valence-corrected chi connectivity index (χ2v) is 6.47. The Kier molecular flexibility index (Phi) is 5.82. The zero-order valence-corrected chi connectivity index (χ0v) is 15.0. The van der Waals surface area contributed by atoms with Gasteiger partial charge in [0.25, 0.3) is 0 Å². The van der Waals surface area contributed by atoms with E-state index in [0.29, 0.717) is 19.8 Å². The number of hydrogen-bond donors (Lipinski definition) is 0. The molecule has 0 aliphatic carbocycles. The number of aromatic nitrogens is 1. The number of rotatable bonds is 6. The van der Waals surface area contributed by atoms with Gasteiger partial charge < -0.3 is 9.64 Å². The van der Waals surface area contributed by atoms with Gasteiger partial charge in [0.05, 0.1) is 18.6 Å². The molecule has 4 nitrogen and oxygen atoms in total. The van der Waals surface area contributed by atoms with Gasteiger partial charge in [0.15, 0.2) is 0 Å². The highest BCUT2D eigenvalue weighted by Crippen LogP contribution is 2.31. The van der Waals surface area contributed by atoms with Crippen LogP contribution in [-0.2, 0) is 16.0 Å².